The van der Waals surface area contributed by atoms with E-state index in [-0.39, 0.29) is 19.0 Å². The van der Waals surface area contributed by atoms with Crippen molar-refractivity contribution in [2.75, 3.05) is 11.9 Å². The number of nitrogens with one attached hydrogen (secondary N) is 2. The van der Waals surface area contributed by atoms with Gasteiger partial charge in [0.2, 0.25) is 0 Å². The Hall–Kier alpha value is -2.04. The molecule has 0 saturated heterocycles. The van der Waals surface area contributed by atoms with E-state index >= 15 is 0 Å². The molecule has 0 radical (unpaired) electrons. The summed E-state index contributed by atoms with van der Waals surface area (Å²) >= 11 is 0. The van der Waals surface area contributed by atoms with E-state index in [1.807, 2.05) is 38.1 Å². The quantitative estimate of drug-likeness (QED) is 0.750. The van der Waals surface area contributed by atoms with Crippen molar-refractivity contribution in [2.45, 2.75) is 26.2 Å². The first-order chi connectivity index (χ1) is 8.50. The lowest BCUT2D eigenvalue weighted by molar-refractivity contribution is -0.136. The maximum Gasteiger partial charge on any atom is 0.319 e. The number of carbonyl (C=O) groups is 2. The van der Waals surface area contributed by atoms with Gasteiger partial charge in [0, 0.05) is 12.2 Å². The number of hydrogen-bond donors (Lipinski definition) is 3. The zero-order chi connectivity index (χ0) is 13.5. The van der Waals surface area contributed by atoms with Gasteiger partial charge in [-0.25, -0.2) is 4.79 Å². The number of amides is 2. The van der Waals surface area contributed by atoms with Gasteiger partial charge in [-0.1, -0.05) is 32.0 Å². The fourth-order valence-corrected chi connectivity index (χ4v) is 1.56. The molecule has 0 unspecified atom stereocenters. The molecule has 5 nitrogen and oxygen atoms in total. The largest absolute Gasteiger partial charge is 0.481 e. The third-order valence-corrected chi connectivity index (χ3v) is 2.46. The van der Waals surface area contributed by atoms with Gasteiger partial charge in [0.15, 0.2) is 0 Å². The molecule has 5 heteroatoms. The fraction of sp³-hybridized carbons (Fsp3) is 0.385. The molecular formula is C13H18N2O3. The highest BCUT2D eigenvalue weighted by Gasteiger charge is 2.08. The van der Waals surface area contributed by atoms with E-state index in [1.165, 1.54) is 0 Å². The molecule has 0 atom stereocenters. The Kier molecular flexibility index (Phi) is 5.17. The Labute approximate surface area is 106 Å². The summed E-state index contributed by atoms with van der Waals surface area (Å²) in [7, 11) is 0. The van der Waals surface area contributed by atoms with Gasteiger partial charge < -0.3 is 15.7 Å². The van der Waals surface area contributed by atoms with E-state index in [9.17, 15) is 9.59 Å². The molecule has 0 aliphatic heterocycles. The van der Waals surface area contributed by atoms with Crippen molar-refractivity contribution in [3.63, 3.8) is 0 Å². The lowest BCUT2D eigenvalue weighted by atomic mass is 10.0. The van der Waals surface area contributed by atoms with Crippen LogP contribution in [-0.2, 0) is 4.79 Å². The summed E-state index contributed by atoms with van der Waals surface area (Å²) in [6.45, 7) is 4.21. The number of aliphatic carboxylic acids is 1. The minimum Gasteiger partial charge on any atom is -0.481 e. The van der Waals surface area contributed by atoms with Crippen molar-refractivity contribution in [2.24, 2.45) is 0 Å². The number of carbonyl (C=O) groups excluding carboxylic acids is 1. The first-order valence-electron chi connectivity index (χ1n) is 5.86. The topological polar surface area (TPSA) is 78.4 Å². The molecule has 0 spiro atoms. The SMILES string of the molecule is CC(C)c1ccccc1NC(=O)NCCC(=O)O. The zero-order valence-electron chi connectivity index (χ0n) is 10.6. The standard InChI is InChI=1S/C13H18N2O3/c1-9(2)10-5-3-4-6-11(10)15-13(18)14-8-7-12(16)17/h3-6,9H,7-8H2,1-2H3,(H,16,17)(H2,14,15,18). The summed E-state index contributed by atoms with van der Waals surface area (Å²) in [5, 5.41) is 13.7. The molecule has 0 heterocycles. The first-order valence-corrected chi connectivity index (χ1v) is 5.86. The van der Waals surface area contributed by atoms with Crippen molar-refractivity contribution in [1.82, 2.24) is 5.32 Å². The Balaban J connectivity index is 2.56. The molecule has 2 amide bonds. The van der Waals surface area contributed by atoms with Crippen LogP contribution in [0.3, 0.4) is 0 Å². The van der Waals surface area contributed by atoms with Crippen LogP contribution < -0.4 is 10.6 Å². The summed E-state index contributed by atoms with van der Waals surface area (Å²) in [4.78, 5) is 21.9. The molecule has 3 N–H and O–H groups in total. The second-order valence-corrected chi connectivity index (χ2v) is 4.27. The van der Waals surface area contributed by atoms with Crippen LogP contribution in [0.1, 0.15) is 31.7 Å². The van der Waals surface area contributed by atoms with E-state index in [1.54, 1.807) is 0 Å². The summed E-state index contributed by atoms with van der Waals surface area (Å²) < 4.78 is 0. The van der Waals surface area contributed by atoms with Crippen LogP contribution in [0.2, 0.25) is 0 Å². The van der Waals surface area contributed by atoms with Crippen LogP contribution in [0.25, 0.3) is 0 Å². The number of anilines is 1. The average molecular weight is 250 g/mol. The van der Waals surface area contributed by atoms with Crippen LogP contribution in [0, 0.1) is 0 Å². The Morgan fingerprint density at radius 2 is 1.94 bits per heavy atom. The van der Waals surface area contributed by atoms with E-state index in [0.717, 1.165) is 11.3 Å². The molecule has 98 valence electrons. The third-order valence-electron chi connectivity index (χ3n) is 2.46. The zero-order valence-corrected chi connectivity index (χ0v) is 10.6. The maximum absolute atomic E-state index is 11.6. The van der Waals surface area contributed by atoms with E-state index in [2.05, 4.69) is 10.6 Å². The molecule has 1 aromatic rings. The third kappa shape index (κ3) is 4.45. The second-order valence-electron chi connectivity index (χ2n) is 4.27. The smallest absolute Gasteiger partial charge is 0.319 e. The summed E-state index contributed by atoms with van der Waals surface area (Å²) in [6, 6.07) is 7.16. The number of carboxylic acid groups (broad SMARTS) is 1. The molecule has 0 saturated carbocycles. The van der Waals surface area contributed by atoms with Crippen LogP contribution in [-0.4, -0.2) is 23.7 Å². The monoisotopic (exact) mass is 250 g/mol. The van der Waals surface area contributed by atoms with Gasteiger partial charge in [-0.15, -0.1) is 0 Å². The molecule has 1 rings (SSSR count). The van der Waals surface area contributed by atoms with Gasteiger partial charge >= 0.3 is 12.0 Å². The number of benzene rings is 1. The second kappa shape index (κ2) is 6.64. The lowest BCUT2D eigenvalue weighted by Crippen LogP contribution is -2.30. The molecule has 0 aliphatic rings. The van der Waals surface area contributed by atoms with Gasteiger partial charge in [0.1, 0.15) is 0 Å². The molecule has 18 heavy (non-hydrogen) atoms. The Morgan fingerprint density at radius 3 is 2.56 bits per heavy atom. The summed E-state index contributed by atoms with van der Waals surface area (Å²) in [6.07, 6.45) is -0.0841. The first kappa shape index (κ1) is 14.0. The van der Waals surface area contributed by atoms with E-state index in [0.29, 0.717) is 5.92 Å². The number of para-hydroxylation sites is 1. The number of carboxylic acids is 1. The fourth-order valence-electron chi connectivity index (χ4n) is 1.56. The minimum atomic E-state index is -0.933. The van der Waals surface area contributed by atoms with Crippen molar-refractivity contribution >= 4 is 17.7 Å². The van der Waals surface area contributed by atoms with Gasteiger partial charge in [-0.3, -0.25) is 4.79 Å². The van der Waals surface area contributed by atoms with Crippen LogP contribution in [0.5, 0.6) is 0 Å². The average Bonchev–Trinajstić information content (AvgIpc) is 2.28. The molecule has 0 fully saturated rings. The highest BCUT2D eigenvalue weighted by Crippen LogP contribution is 2.23. The molecule has 0 aliphatic carbocycles. The highest BCUT2D eigenvalue weighted by molar-refractivity contribution is 5.90. The maximum atomic E-state index is 11.6. The van der Waals surface area contributed by atoms with Gasteiger partial charge in [0.25, 0.3) is 0 Å². The van der Waals surface area contributed by atoms with Crippen molar-refractivity contribution in [3.05, 3.63) is 29.8 Å². The highest BCUT2D eigenvalue weighted by atomic mass is 16.4. The predicted octanol–water partition coefficient (Wildman–Crippen LogP) is 2.41. The number of hydrogen-bond acceptors (Lipinski definition) is 2. The molecule has 0 aromatic heterocycles. The van der Waals surface area contributed by atoms with E-state index < -0.39 is 5.97 Å². The van der Waals surface area contributed by atoms with Crippen LogP contribution >= 0.6 is 0 Å². The van der Waals surface area contributed by atoms with Crippen molar-refractivity contribution in [1.29, 1.82) is 0 Å². The van der Waals surface area contributed by atoms with Gasteiger partial charge in [-0.2, -0.15) is 0 Å². The van der Waals surface area contributed by atoms with Crippen LogP contribution in [0.15, 0.2) is 24.3 Å². The number of urea groups is 1. The van der Waals surface area contributed by atoms with E-state index in [4.69, 9.17) is 5.11 Å². The van der Waals surface area contributed by atoms with Crippen LogP contribution in [0.4, 0.5) is 10.5 Å². The Morgan fingerprint density at radius 1 is 1.28 bits per heavy atom. The normalized spacial score (nSPS) is 10.2. The molecular weight excluding hydrogens is 232 g/mol. The van der Waals surface area contributed by atoms with Gasteiger partial charge in [0.05, 0.1) is 6.42 Å². The minimum absolute atomic E-state index is 0.0841. The lowest BCUT2D eigenvalue weighted by Gasteiger charge is -2.13. The Bertz CT molecular complexity index is 430. The summed E-state index contributed by atoms with van der Waals surface area (Å²) in [5.74, 6) is -0.626. The molecule has 0 bridgehead atoms. The van der Waals surface area contributed by atoms with Crippen molar-refractivity contribution < 1.29 is 14.7 Å². The summed E-state index contributed by atoms with van der Waals surface area (Å²) in [5.41, 5.74) is 1.80. The number of rotatable bonds is 5. The molecule has 1 aromatic carbocycles. The van der Waals surface area contributed by atoms with Crippen molar-refractivity contribution in [3.8, 4) is 0 Å². The predicted molar refractivity (Wildman–Crippen MR) is 69.8 cm³/mol. The van der Waals surface area contributed by atoms with Gasteiger partial charge in [-0.05, 0) is 17.5 Å².